The summed E-state index contributed by atoms with van der Waals surface area (Å²) in [5.41, 5.74) is 8.65. The Labute approximate surface area is 76.5 Å². The Kier molecular flexibility index (Phi) is 1.98. The molecular formula is C9H11N3O. The van der Waals surface area contributed by atoms with Crippen LogP contribution < -0.4 is 5.73 Å². The zero-order chi connectivity index (χ0) is 9.26. The van der Waals surface area contributed by atoms with Gasteiger partial charge in [-0.25, -0.2) is 9.98 Å². The number of aliphatic imine (C=N–C) groups is 1. The number of nitrogens with zero attached hydrogens (tertiary/aromatic N) is 2. The highest BCUT2D eigenvalue weighted by molar-refractivity contribution is 5.60. The predicted octanol–water partition coefficient (Wildman–Crippen LogP) is 1.04. The van der Waals surface area contributed by atoms with E-state index in [2.05, 4.69) is 9.98 Å². The molecule has 1 aliphatic heterocycles. The molecule has 0 fully saturated rings. The fourth-order valence-electron chi connectivity index (χ4n) is 1.48. The largest absolute Gasteiger partial charge is 0.390 e. The van der Waals surface area contributed by atoms with Gasteiger partial charge in [0.1, 0.15) is 0 Å². The van der Waals surface area contributed by atoms with E-state index in [4.69, 9.17) is 10.5 Å². The molecule has 13 heavy (non-hydrogen) atoms. The van der Waals surface area contributed by atoms with Crippen molar-refractivity contribution in [3.63, 3.8) is 0 Å². The third-order valence-electron chi connectivity index (χ3n) is 2.18. The highest BCUT2D eigenvalue weighted by Gasteiger charge is 2.17. The molecule has 0 saturated carbocycles. The van der Waals surface area contributed by atoms with Crippen LogP contribution in [0.2, 0.25) is 0 Å². The van der Waals surface area contributed by atoms with Crippen molar-refractivity contribution >= 4 is 12.2 Å². The molecule has 0 saturated heterocycles. The van der Waals surface area contributed by atoms with Gasteiger partial charge in [-0.2, -0.15) is 0 Å². The van der Waals surface area contributed by atoms with Crippen LogP contribution in [0, 0.1) is 6.92 Å². The Morgan fingerprint density at radius 1 is 1.54 bits per heavy atom. The van der Waals surface area contributed by atoms with Crippen molar-refractivity contribution in [1.82, 2.24) is 4.98 Å². The van der Waals surface area contributed by atoms with Crippen LogP contribution in [0.1, 0.15) is 16.7 Å². The monoisotopic (exact) mass is 177 g/mol. The van der Waals surface area contributed by atoms with Gasteiger partial charge in [-0.1, -0.05) is 0 Å². The third-order valence-corrected chi connectivity index (χ3v) is 2.18. The van der Waals surface area contributed by atoms with Gasteiger partial charge in [0.05, 0.1) is 19.6 Å². The van der Waals surface area contributed by atoms with Gasteiger partial charge in [0.2, 0.25) is 0 Å². The molecule has 4 nitrogen and oxygen atoms in total. The number of fused-ring (bicyclic) bond motifs is 1. The van der Waals surface area contributed by atoms with E-state index >= 15 is 0 Å². The molecule has 1 aromatic heterocycles. The number of aryl methyl sites for hydroxylation is 1. The van der Waals surface area contributed by atoms with Crippen molar-refractivity contribution < 1.29 is 4.74 Å². The van der Waals surface area contributed by atoms with E-state index in [1.165, 1.54) is 11.9 Å². The van der Waals surface area contributed by atoms with Crippen LogP contribution in [-0.2, 0) is 18.0 Å². The summed E-state index contributed by atoms with van der Waals surface area (Å²) in [7, 11) is 0. The first-order valence-corrected chi connectivity index (χ1v) is 4.12. The minimum Gasteiger partial charge on any atom is -0.390 e. The van der Waals surface area contributed by atoms with E-state index < -0.39 is 0 Å². The topological polar surface area (TPSA) is 60.5 Å². The summed E-state index contributed by atoms with van der Waals surface area (Å²) in [4.78, 5) is 8.16. The van der Waals surface area contributed by atoms with Gasteiger partial charge in [0, 0.05) is 11.8 Å². The van der Waals surface area contributed by atoms with Gasteiger partial charge in [-0.3, -0.25) is 0 Å². The summed E-state index contributed by atoms with van der Waals surface area (Å²) in [6.07, 6.45) is 3.06. The minimum atomic E-state index is 0.594. The summed E-state index contributed by atoms with van der Waals surface area (Å²) >= 11 is 0. The first-order chi connectivity index (χ1) is 6.33. The molecule has 0 spiro atoms. The lowest BCUT2D eigenvalue weighted by molar-refractivity contribution is 0.134. The molecule has 4 heteroatoms. The Bertz CT molecular complexity index is 360. The van der Waals surface area contributed by atoms with Crippen molar-refractivity contribution in [2.45, 2.75) is 20.1 Å². The molecule has 1 aliphatic rings. The fraction of sp³-hybridized carbons (Fsp3) is 0.333. The molecule has 0 atom stereocenters. The number of aromatic nitrogens is 1. The maximum Gasteiger partial charge on any atom is 0.159 e. The van der Waals surface area contributed by atoms with Crippen LogP contribution in [0.15, 0.2) is 11.2 Å². The SMILES string of the molecule is Cc1cnc(N=CN)c2c1COC2. The highest BCUT2D eigenvalue weighted by Crippen LogP contribution is 2.29. The van der Waals surface area contributed by atoms with Crippen molar-refractivity contribution in [3.8, 4) is 0 Å². The summed E-state index contributed by atoms with van der Waals surface area (Å²) in [5, 5.41) is 0. The summed E-state index contributed by atoms with van der Waals surface area (Å²) in [5.74, 6) is 0.681. The number of pyridine rings is 1. The highest BCUT2D eigenvalue weighted by atomic mass is 16.5. The second kappa shape index (κ2) is 3.14. The quantitative estimate of drug-likeness (QED) is 0.515. The molecule has 0 unspecified atom stereocenters. The average Bonchev–Trinajstić information content (AvgIpc) is 2.59. The van der Waals surface area contributed by atoms with Gasteiger partial charge in [0.25, 0.3) is 0 Å². The zero-order valence-corrected chi connectivity index (χ0v) is 7.45. The van der Waals surface area contributed by atoms with E-state index in [1.54, 1.807) is 6.20 Å². The number of hydrogen-bond donors (Lipinski definition) is 1. The minimum absolute atomic E-state index is 0.594. The Morgan fingerprint density at radius 3 is 3.08 bits per heavy atom. The molecule has 2 heterocycles. The van der Waals surface area contributed by atoms with Crippen LogP contribution >= 0.6 is 0 Å². The number of nitrogens with two attached hydrogens (primary N) is 1. The number of hydrogen-bond acceptors (Lipinski definition) is 3. The first-order valence-electron chi connectivity index (χ1n) is 4.12. The van der Waals surface area contributed by atoms with Crippen LogP contribution in [0.4, 0.5) is 5.82 Å². The molecular weight excluding hydrogens is 166 g/mol. The molecule has 0 amide bonds. The lowest BCUT2D eigenvalue weighted by Gasteiger charge is -2.03. The lowest BCUT2D eigenvalue weighted by Crippen LogP contribution is -1.93. The zero-order valence-electron chi connectivity index (χ0n) is 7.45. The van der Waals surface area contributed by atoms with Crippen LogP contribution in [0.3, 0.4) is 0 Å². The second-order valence-electron chi connectivity index (χ2n) is 2.99. The molecule has 2 rings (SSSR count). The number of rotatable bonds is 1. The molecule has 0 aliphatic carbocycles. The maximum atomic E-state index is 5.33. The van der Waals surface area contributed by atoms with Crippen molar-refractivity contribution in [1.29, 1.82) is 0 Å². The van der Waals surface area contributed by atoms with Gasteiger partial charge in [0.15, 0.2) is 5.82 Å². The fourth-order valence-corrected chi connectivity index (χ4v) is 1.48. The summed E-state index contributed by atoms with van der Waals surface area (Å²) in [6.45, 7) is 3.28. The van der Waals surface area contributed by atoms with E-state index in [9.17, 15) is 0 Å². The van der Waals surface area contributed by atoms with Gasteiger partial charge < -0.3 is 10.5 Å². The normalized spacial score (nSPS) is 15.2. The van der Waals surface area contributed by atoms with Crippen LogP contribution in [0.5, 0.6) is 0 Å². The Morgan fingerprint density at radius 2 is 2.31 bits per heavy atom. The molecule has 2 N–H and O–H groups in total. The van der Waals surface area contributed by atoms with E-state index in [0.29, 0.717) is 19.0 Å². The lowest BCUT2D eigenvalue weighted by atomic mass is 10.1. The van der Waals surface area contributed by atoms with Crippen molar-refractivity contribution in [2.75, 3.05) is 0 Å². The van der Waals surface area contributed by atoms with Crippen molar-refractivity contribution in [3.05, 3.63) is 22.9 Å². The molecule has 0 aromatic carbocycles. The Balaban J connectivity index is 2.55. The Hall–Kier alpha value is -1.42. The first kappa shape index (κ1) is 8.19. The summed E-state index contributed by atoms with van der Waals surface area (Å²) < 4.78 is 5.33. The molecule has 68 valence electrons. The van der Waals surface area contributed by atoms with E-state index in [1.807, 2.05) is 6.92 Å². The molecule has 0 radical (unpaired) electrons. The second-order valence-corrected chi connectivity index (χ2v) is 2.99. The maximum absolute atomic E-state index is 5.33. The summed E-state index contributed by atoms with van der Waals surface area (Å²) in [6, 6.07) is 0. The van der Waals surface area contributed by atoms with Crippen LogP contribution in [0.25, 0.3) is 0 Å². The van der Waals surface area contributed by atoms with Crippen LogP contribution in [-0.4, -0.2) is 11.3 Å². The standard InChI is InChI=1S/C9H11N3O/c1-6-2-11-9(12-5-10)8-4-13-3-7(6)8/h2,5H,3-4H2,1H3,(H2,10,11,12). The van der Waals surface area contributed by atoms with Gasteiger partial charge in [-0.15, -0.1) is 0 Å². The van der Waals surface area contributed by atoms with E-state index in [-0.39, 0.29) is 0 Å². The smallest absolute Gasteiger partial charge is 0.159 e. The van der Waals surface area contributed by atoms with Crippen molar-refractivity contribution in [2.24, 2.45) is 10.7 Å². The van der Waals surface area contributed by atoms with Gasteiger partial charge in [-0.05, 0) is 18.1 Å². The molecule has 0 bridgehead atoms. The van der Waals surface area contributed by atoms with E-state index in [0.717, 1.165) is 11.1 Å². The predicted molar refractivity (Wildman–Crippen MR) is 49.8 cm³/mol. The van der Waals surface area contributed by atoms with Gasteiger partial charge >= 0.3 is 0 Å². The molecule has 1 aromatic rings. The average molecular weight is 177 g/mol. The number of ether oxygens (including phenoxy) is 1. The third kappa shape index (κ3) is 1.29.